The van der Waals surface area contributed by atoms with Crippen LogP contribution >= 0.6 is 11.8 Å². The molecule has 0 radical (unpaired) electrons. The van der Waals surface area contributed by atoms with E-state index >= 15 is 0 Å². The predicted molar refractivity (Wildman–Crippen MR) is 122 cm³/mol. The molecule has 0 fully saturated rings. The lowest BCUT2D eigenvalue weighted by molar-refractivity contribution is -0.123. The molecule has 0 saturated heterocycles. The van der Waals surface area contributed by atoms with Crippen LogP contribution in [0.5, 0.6) is 0 Å². The van der Waals surface area contributed by atoms with Gasteiger partial charge in [0.2, 0.25) is 15.9 Å². The summed E-state index contributed by atoms with van der Waals surface area (Å²) in [5, 5.41) is 2.94. The molecule has 0 saturated carbocycles. The molecule has 30 heavy (non-hydrogen) atoms. The van der Waals surface area contributed by atoms with E-state index in [9.17, 15) is 13.2 Å². The van der Waals surface area contributed by atoms with Gasteiger partial charge in [-0.3, -0.25) is 4.79 Å². The molecule has 3 rings (SSSR count). The van der Waals surface area contributed by atoms with Gasteiger partial charge in [-0.1, -0.05) is 42.5 Å². The minimum absolute atomic E-state index is 0.176. The molecule has 0 aliphatic rings. The van der Waals surface area contributed by atoms with E-state index in [1.54, 1.807) is 43.0 Å². The molecule has 0 bridgehead atoms. The summed E-state index contributed by atoms with van der Waals surface area (Å²) < 4.78 is 27.4. The van der Waals surface area contributed by atoms with E-state index in [1.165, 1.54) is 0 Å². The number of aromatic amines is 1. The second-order valence-corrected chi connectivity index (χ2v) is 9.81. The number of hydrogen-bond acceptors (Lipinski definition) is 5. The molecule has 3 aromatic rings. The van der Waals surface area contributed by atoms with E-state index in [2.05, 4.69) is 20.0 Å². The zero-order valence-electron chi connectivity index (χ0n) is 17.0. The largest absolute Gasteiger partial charge is 0.345 e. The zero-order valence-corrected chi connectivity index (χ0v) is 18.6. The average Bonchev–Trinajstić information content (AvgIpc) is 3.15. The van der Waals surface area contributed by atoms with Crippen molar-refractivity contribution in [3.8, 4) is 0 Å². The number of carbonyl (C=O) groups is 1. The van der Waals surface area contributed by atoms with Crippen LogP contribution in [0.1, 0.15) is 30.8 Å². The van der Waals surface area contributed by atoms with Gasteiger partial charge in [0.25, 0.3) is 0 Å². The van der Waals surface area contributed by atoms with Gasteiger partial charge in [-0.15, -0.1) is 0 Å². The molecule has 1 amide bonds. The SMILES string of the molecule is CSCC[C@@H](NC(=O)[C@@H](C)NS(=O)(=O)Cc1ccccc1)c1nc2ccccc2[nH]1. The molecular weight excluding hydrogens is 420 g/mol. The van der Waals surface area contributed by atoms with Gasteiger partial charge in [-0.2, -0.15) is 11.8 Å². The van der Waals surface area contributed by atoms with Crippen molar-refractivity contribution >= 4 is 38.7 Å². The van der Waals surface area contributed by atoms with E-state index in [-0.39, 0.29) is 11.8 Å². The maximum absolute atomic E-state index is 12.7. The second-order valence-electron chi connectivity index (χ2n) is 7.07. The Bertz CT molecular complexity index is 1050. The summed E-state index contributed by atoms with van der Waals surface area (Å²) in [7, 11) is -3.66. The minimum Gasteiger partial charge on any atom is -0.345 e. The molecule has 7 nitrogen and oxygen atoms in total. The maximum Gasteiger partial charge on any atom is 0.238 e. The van der Waals surface area contributed by atoms with Crippen molar-refractivity contribution in [2.75, 3.05) is 12.0 Å². The lowest BCUT2D eigenvalue weighted by Crippen LogP contribution is -2.46. The normalized spacial score (nSPS) is 13.8. The highest BCUT2D eigenvalue weighted by atomic mass is 32.2. The maximum atomic E-state index is 12.7. The molecule has 0 spiro atoms. The van der Waals surface area contributed by atoms with E-state index in [0.29, 0.717) is 17.8 Å². The quantitative estimate of drug-likeness (QED) is 0.444. The number of amides is 1. The van der Waals surface area contributed by atoms with Crippen LogP contribution in [0.2, 0.25) is 0 Å². The Kier molecular flexibility index (Phi) is 7.52. The smallest absolute Gasteiger partial charge is 0.238 e. The van der Waals surface area contributed by atoms with Crippen LogP contribution in [-0.4, -0.2) is 42.3 Å². The summed E-state index contributed by atoms with van der Waals surface area (Å²) >= 11 is 1.67. The Labute approximate surface area is 181 Å². The summed E-state index contributed by atoms with van der Waals surface area (Å²) in [4.78, 5) is 20.6. The Hall–Kier alpha value is -2.36. The highest BCUT2D eigenvalue weighted by Crippen LogP contribution is 2.20. The van der Waals surface area contributed by atoms with Gasteiger partial charge in [-0.05, 0) is 43.0 Å². The molecular formula is C21H26N4O3S2. The fourth-order valence-corrected chi connectivity index (χ4v) is 4.94. The van der Waals surface area contributed by atoms with Crippen molar-refractivity contribution in [2.45, 2.75) is 31.2 Å². The topological polar surface area (TPSA) is 104 Å². The van der Waals surface area contributed by atoms with Gasteiger partial charge in [0.05, 0.1) is 28.9 Å². The van der Waals surface area contributed by atoms with Crippen molar-refractivity contribution in [3.05, 3.63) is 66.0 Å². The Morgan fingerprint density at radius 3 is 2.53 bits per heavy atom. The van der Waals surface area contributed by atoms with Gasteiger partial charge in [0, 0.05) is 0 Å². The summed E-state index contributed by atoms with van der Waals surface area (Å²) in [5.74, 6) is 0.928. The van der Waals surface area contributed by atoms with Crippen molar-refractivity contribution in [1.82, 2.24) is 20.0 Å². The number of aromatic nitrogens is 2. The molecule has 3 N–H and O–H groups in total. The number of H-pyrrole nitrogens is 1. The number of fused-ring (bicyclic) bond motifs is 1. The van der Waals surface area contributed by atoms with Gasteiger partial charge in [0.15, 0.2) is 0 Å². The highest BCUT2D eigenvalue weighted by molar-refractivity contribution is 7.98. The minimum atomic E-state index is -3.66. The van der Waals surface area contributed by atoms with Crippen LogP contribution in [-0.2, 0) is 20.6 Å². The molecule has 0 aliphatic heterocycles. The lowest BCUT2D eigenvalue weighted by atomic mass is 10.2. The number of carbonyl (C=O) groups excluding carboxylic acids is 1. The molecule has 2 atom stereocenters. The number of imidazole rings is 1. The van der Waals surface area contributed by atoms with Crippen LogP contribution in [0.15, 0.2) is 54.6 Å². The van der Waals surface area contributed by atoms with Crippen molar-refractivity contribution < 1.29 is 13.2 Å². The first kappa shape index (κ1) is 22.3. The number of nitrogens with zero attached hydrogens (tertiary/aromatic N) is 1. The third-order valence-corrected chi connectivity index (χ3v) is 6.68. The van der Waals surface area contributed by atoms with Crippen molar-refractivity contribution in [1.29, 1.82) is 0 Å². The van der Waals surface area contributed by atoms with E-state index < -0.39 is 22.0 Å². The Morgan fingerprint density at radius 1 is 1.13 bits per heavy atom. The molecule has 9 heteroatoms. The molecule has 1 heterocycles. The van der Waals surface area contributed by atoms with Crippen molar-refractivity contribution in [2.24, 2.45) is 0 Å². The van der Waals surface area contributed by atoms with Gasteiger partial charge in [-0.25, -0.2) is 18.1 Å². The van der Waals surface area contributed by atoms with E-state index in [4.69, 9.17) is 0 Å². The first-order valence-corrected chi connectivity index (χ1v) is 12.7. The van der Waals surface area contributed by atoms with Gasteiger partial charge >= 0.3 is 0 Å². The molecule has 1 aromatic heterocycles. The van der Waals surface area contributed by atoms with Gasteiger partial charge < -0.3 is 10.3 Å². The molecule has 160 valence electrons. The number of hydrogen-bond donors (Lipinski definition) is 3. The number of nitrogens with one attached hydrogen (secondary N) is 3. The second kappa shape index (κ2) is 10.1. The number of rotatable bonds is 10. The van der Waals surface area contributed by atoms with Crippen molar-refractivity contribution in [3.63, 3.8) is 0 Å². The Morgan fingerprint density at radius 2 is 1.83 bits per heavy atom. The van der Waals surface area contributed by atoms with E-state index in [1.807, 2.05) is 36.6 Å². The van der Waals surface area contributed by atoms with Crippen LogP contribution in [0.25, 0.3) is 11.0 Å². The van der Waals surface area contributed by atoms with Crippen LogP contribution in [0, 0.1) is 0 Å². The average molecular weight is 447 g/mol. The highest BCUT2D eigenvalue weighted by Gasteiger charge is 2.24. The summed E-state index contributed by atoms with van der Waals surface area (Å²) in [5.41, 5.74) is 2.39. The molecule has 2 aromatic carbocycles. The number of sulfonamides is 1. The van der Waals surface area contributed by atoms with Crippen LogP contribution in [0.3, 0.4) is 0 Å². The third kappa shape index (κ3) is 6.07. The molecule has 0 unspecified atom stereocenters. The standard InChI is InChI=1S/C21H26N4O3S2/c1-15(25-30(27,28)14-16-8-4-3-5-9-16)21(26)24-19(12-13-29-2)20-22-17-10-6-7-11-18(17)23-20/h3-11,15,19,25H,12-14H2,1-2H3,(H,22,23)(H,24,26)/t15-,19-/m1/s1. The first-order valence-electron chi connectivity index (χ1n) is 9.66. The number of para-hydroxylation sites is 2. The van der Waals surface area contributed by atoms with Crippen LogP contribution in [0.4, 0.5) is 0 Å². The first-order chi connectivity index (χ1) is 14.4. The predicted octanol–water partition coefficient (Wildman–Crippen LogP) is 2.98. The summed E-state index contributed by atoms with van der Waals surface area (Å²) in [6, 6.07) is 15.3. The fourth-order valence-electron chi connectivity index (χ4n) is 3.11. The van der Waals surface area contributed by atoms with Crippen LogP contribution < -0.4 is 10.0 Å². The third-order valence-electron chi connectivity index (χ3n) is 4.61. The monoisotopic (exact) mass is 446 g/mol. The Balaban J connectivity index is 1.68. The lowest BCUT2D eigenvalue weighted by Gasteiger charge is -2.20. The van der Waals surface area contributed by atoms with Gasteiger partial charge in [0.1, 0.15) is 5.82 Å². The number of thioether (sulfide) groups is 1. The molecule has 0 aliphatic carbocycles. The zero-order chi connectivity index (χ0) is 21.6. The number of benzene rings is 2. The van der Waals surface area contributed by atoms with E-state index in [0.717, 1.165) is 16.8 Å². The summed E-state index contributed by atoms with van der Waals surface area (Å²) in [6.07, 6.45) is 2.67. The fraction of sp³-hybridized carbons (Fsp3) is 0.333. The summed E-state index contributed by atoms with van der Waals surface area (Å²) in [6.45, 7) is 1.54.